The summed E-state index contributed by atoms with van der Waals surface area (Å²) in [5.74, 6) is -9.30. The van der Waals surface area contributed by atoms with Gasteiger partial charge in [-0.3, -0.25) is 0 Å². The summed E-state index contributed by atoms with van der Waals surface area (Å²) >= 11 is 0. The third-order valence-electron chi connectivity index (χ3n) is 5.50. The Hall–Kier alpha value is -4.24. The van der Waals surface area contributed by atoms with E-state index < -0.39 is 116 Å². The fourth-order valence-electron chi connectivity index (χ4n) is 3.95. The lowest BCUT2D eigenvalue weighted by atomic mass is 9.66. The van der Waals surface area contributed by atoms with Gasteiger partial charge in [0.2, 0.25) is 0 Å². The molecule has 0 aromatic heterocycles. The van der Waals surface area contributed by atoms with Crippen molar-refractivity contribution in [1.82, 2.24) is 0 Å². The highest BCUT2D eigenvalue weighted by Gasteiger charge is 2.71. The van der Waals surface area contributed by atoms with E-state index in [9.17, 15) is 45.5 Å². The second-order valence-corrected chi connectivity index (χ2v) is 7.42. The number of aromatic carboxylic acids is 4. The minimum absolute atomic E-state index is 0.441. The summed E-state index contributed by atoms with van der Waals surface area (Å²) in [4.78, 5) is 45.7. The summed E-state index contributed by atoms with van der Waals surface area (Å²) in [7, 11) is 0. The maximum atomic E-state index is 16.0. The number of carboxylic acids is 4. The molecule has 0 radical (unpaired) electrons. The molecule has 2 aromatic rings. The van der Waals surface area contributed by atoms with Crippen molar-refractivity contribution in [3.05, 3.63) is 68.8 Å². The molecule has 16 heteroatoms. The molecule has 0 amide bonds. The summed E-state index contributed by atoms with van der Waals surface area (Å²) in [6, 6.07) is -1.77. The monoisotopic (exact) mass is 528 g/mol. The van der Waals surface area contributed by atoms with Gasteiger partial charge in [0.1, 0.15) is 0 Å². The molecule has 0 atom stereocenters. The minimum Gasteiger partial charge on any atom is -0.478 e. The van der Waals surface area contributed by atoms with E-state index in [-0.39, 0.29) is 0 Å². The van der Waals surface area contributed by atoms with Crippen LogP contribution in [0.5, 0.6) is 0 Å². The quantitative estimate of drug-likeness (QED) is 0.428. The average Bonchev–Trinajstić information content (AvgIpc) is 2.73. The van der Waals surface area contributed by atoms with E-state index in [0.29, 0.717) is 0 Å². The van der Waals surface area contributed by atoms with Crippen molar-refractivity contribution in [3.63, 3.8) is 0 Å². The molecule has 0 saturated carbocycles. The van der Waals surface area contributed by atoms with Gasteiger partial charge in [-0.2, -0.15) is 26.3 Å². The Bertz CT molecular complexity index is 1170. The van der Waals surface area contributed by atoms with Crippen molar-refractivity contribution in [2.24, 2.45) is 0 Å². The fourth-order valence-corrected chi connectivity index (χ4v) is 3.95. The number of carboxylic acid groups (broad SMARTS) is 4. The van der Waals surface area contributed by atoms with Crippen molar-refractivity contribution < 1.29 is 74.7 Å². The van der Waals surface area contributed by atoms with Crippen LogP contribution in [0.15, 0.2) is 24.3 Å². The first kappa shape index (κ1) is 26.4. The molecule has 3 rings (SSSR count). The summed E-state index contributed by atoms with van der Waals surface area (Å²) in [6.45, 7) is 0. The normalized spacial score (nSPS) is 21.3. The molecule has 192 valence electrons. The molecule has 0 unspecified atom stereocenters. The van der Waals surface area contributed by atoms with Crippen LogP contribution in [0.25, 0.3) is 0 Å². The second-order valence-electron chi connectivity index (χ2n) is 7.42. The number of fused-ring (bicyclic) bond motifs is 2. The zero-order valence-electron chi connectivity index (χ0n) is 16.8. The lowest BCUT2D eigenvalue weighted by molar-refractivity contribution is -0.239. The summed E-state index contributed by atoms with van der Waals surface area (Å²) in [5, 5.41) is 36.7. The lowest BCUT2D eigenvalue weighted by Gasteiger charge is -2.43. The number of rotatable bonds is 4. The average molecular weight is 528 g/mol. The Morgan fingerprint density at radius 1 is 0.500 bits per heavy atom. The Kier molecular flexibility index (Phi) is 5.59. The van der Waals surface area contributed by atoms with Crippen molar-refractivity contribution in [2.75, 3.05) is 0 Å². The highest BCUT2D eigenvalue weighted by Crippen LogP contribution is 2.62. The highest BCUT2D eigenvalue weighted by atomic mass is 19.4. The molecule has 2 aromatic carbocycles. The maximum absolute atomic E-state index is 16.0. The molecule has 0 saturated heterocycles. The van der Waals surface area contributed by atoms with E-state index in [2.05, 4.69) is 0 Å². The third-order valence-corrected chi connectivity index (χ3v) is 5.50. The van der Waals surface area contributed by atoms with E-state index in [0.717, 1.165) is 0 Å². The molecular formula is C20H8F8O8. The molecule has 0 spiro atoms. The van der Waals surface area contributed by atoms with Gasteiger partial charge in [-0.25, -0.2) is 28.0 Å². The Labute approximate surface area is 192 Å². The van der Waals surface area contributed by atoms with Crippen LogP contribution in [0.1, 0.15) is 63.7 Å². The van der Waals surface area contributed by atoms with Gasteiger partial charge in [0.25, 0.3) is 11.3 Å². The zero-order chi connectivity index (χ0) is 27.8. The van der Waals surface area contributed by atoms with Crippen LogP contribution in [0.2, 0.25) is 0 Å². The Morgan fingerprint density at radius 3 is 0.778 bits per heavy atom. The van der Waals surface area contributed by atoms with E-state index in [1.54, 1.807) is 0 Å². The van der Waals surface area contributed by atoms with E-state index >= 15 is 8.78 Å². The van der Waals surface area contributed by atoms with Gasteiger partial charge in [0, 0.05) is 22.3 Å². The number of hydrogen-bond donors (Lipinski definition) is 4. The topological polar surface area (TPSA) is 149 Å². The van der Waals surface area contributed by atoms with Crippen LogP contribution >= 0.6 is 0 Å². The largest absolute Gasteiger partial charge is 0.478 e. The first-order valence-corrected chi connectivity index (χ1v) is 9.03. The van der Waals surface area contributed by atoms with Crippen molar-refractivity contribution >= 4 is 23.9 Å². The fraction of sp³-hybridized carbons (Fsp3) is 0.200. The van der Waals surface area contributed by atoms with Crippen LogP contribution in [0, 0.1) is 0 Å². The number of benzene rings is 2. The molecule has 36 heavy (non-hydrogen) atoms. The predicted octanol–water partition coefficient (Wildman–Crippen LogP) is 4.34. The molecule has 0 bridgehead atoms. The molecule has 1 aliphatic carbocycles. The minimum atomic E-state index is -6.32. The van der Waals surface area contributed by atoms with Crippen molar-refractivity contribution in [3.8, 4) is 0 Å². The molecule has 0 fully saturated rings. The standard InChI is InChI=1S/C20H8F8O8/c21-17(19(23,24)25)9-1-5(13(29)30)6(14(31)32)2-10(9)18(22,20(26,27)28)12-4-8(16(35)36)7(15(33)34)3-11(12)17/h1-4H,(H,29,30)(H,31,32)(H,33,34)(H,35,36). The van der Waals surface area contributed by atoms with Gasteiger partial charge < -0.3 is 20.4 Å². The molecule has 0 heterocycles. The number of alkyl halides is 8. The maximum Gasteiger partial charge on any atom is 0.431 e. The third kappa shape index (κ3) is 3.35. The SMILES string of the molecule is O=C(O)c1cc2c(cc1C(=O)O)C(F)(C(F)(F)F)c1cc(C(=O)O)c(C(=O)O)cc1C2(F)C(F)(F)F. The summed E-state index contributed by atoms with van der Waals surface area (Å²) in [6.07, 6.45) is -12.6. The highest BCUT2D eigenvalue weighted by molar-refractivity contribution is 6.03. The summed E-state index contributed by atoms with van der Waals surface area (Å²) < 4.78 is 117. The molecular weight excluding hydrogens is 520 g/mol. The molecule has 4 N–H and O–H groups in total. The molecule has 8 nitrogen and oxygen atoms in total. The van der Waals surface area contributed by atoms with Gasteiger partial charge in [-0.05, 0) is 24.3 Å². The van der Waals surface area contributed by atoms with E-state index in [1.165, 1.54) is 0 Å². The van der Waals surface area contributed by atoms with Crippen LogP contribution in [-0.4, -0.2) is 56.7 Å². The molecule has 1 aliphatic rings. The van der Waals surface area contributed by atoms with Gasteiger partial charge in [0.05, 0.1) is 22.3 Å². The first-order chi connectivity index (χ1) is 16.2. The van der Waals surface area contributed by atoms with Crippen molar-refractivity contribution in [1.29, 1.82) is 0 Å². The lowest BCUT2D eigenvalue weighted by Crippen LogP contribution is -2.52. The van der Waals surface area contributed by atoms with Crippen LogP contribution in [0.3, 0.4) is 0 Å². The van der Waals surface area contributed by atoms with Gasteiger partial charge in [0.15, 0.2) is 0 Å². The van der Waals surface area contributed by atoms with Gasteiger partial charge in [-0.15, -0.1) is 0 Å². The van der Waals surface area contributed by atoms with E-state index in [4.69, 9.17) is 20.4 Å². The van der Waals surface area contributed by atoms with Crippen LogP contribution in [0.4, 0.5) is 35.1 Å². The van der Waals surface area contributed by atoms with Crippen molar-refractivity contribution in [2.45, 2.75) is 23.7 Å². The van der Waals surface area contributed by atoms with E-state index in [1.807, 2.05) is 0 Å². The van der Waals surface area contributed by atoms with Gasteiger partial charge >= 0.3 is 36.2 Å². The Balaban J connectivity index is 2.73. The zero-order valence-corrected chi connectivity index (χ0v) is 16.8. The smallest absolute Gasteiger partial charge is 0.431 e. The number of hydrogen-bond acceptors (Lipinski definition) is 4. The van der Waals surface area contributed by atoms with Gasteiger partial charge in [-0.1, -0.05) is 0 Å². The molecule has 0 aliphatic heterocycles. The first-order valence-electron chi connectivity index (χ1n) is 9.03. The number of carbonyl (C=O) groups is 4. The predicted molar refractivity (Wildman–Crippen MR) is 96.6 cm³/mol. The second kappa shape index (κ2) is 7.63. The summed E-state index contributed by atoms with van der Waals surface area (Å²) in [5.41, 5.74) is -26.3. The Morgan fingerprint density at radius 2 is 0.667 bits per heavy atom. The van der Waals surface area contributed by atoms with Crippen LogP contribution in [-0.2, 0) is 11.3 Å². The number of halogens is 8. The van der Waals surface area contributed by atoms with Crippen LogP contribution < -0.4 is 0 Å².